The molecule has 0 spiro atoms. The Bertz CT molecular complexity index is 1120. The summed E-state index contributed by atoms with van der Waals surface area (Å²) in [5, 5.41) is 8.77. The highest BCUT2D eigenvalue weighted by atomic mass is 16.1. The molecular formula is C18H13N3O2. The number of nitrogens with zero attached hydrogens (tertiary/aromatic N) is 2. The lowest BCUT2D eigenvalue weighted by atomic mass is 10.0. The second kappa shape index (κ2) is 4.91. The zero-order valence-corrected chi connectivity index (χ0v) is 12.4. The molecule has 4 rings (SSSR count). The second-order valence-electron chi connectivity index (χ2n) is 5.55. The number of hydrogen-bond acceptors (Lipinski definition) is 3. The fourth-order valence-corrected chi connectivity index (χ4v) is 2.97. The summed E-state index contributed by atoms with van der Waals surface area (Å²) in [7, 11) is 1.95. The second-order valence-corrected chi connectivity index (χ2v) is 5.55. The normalized spacial score (nSPS) is 11.2. The molecule has 0 unspecified atom stereocenters. The minimum Gasteiger partial charge on any atom is -0.350 e. The lowest BCUT2D eigenvalue weighted by Crippen LogP contribution is -2.06. The van der Waals surface area contributed by atoms with Crippen LogP contribution in [0, 0.1) is 0 Å². The molecule has 1 N–H and O–H groups in total. The molecule has 2 heterocycles. The zero-order chi connectivity index (χ0) is 16.0. The molecule has 0 radical (unpaired) electrons. The van der Waals surface area contributed by atoms with Crippen LogP contribution < -0.4 is 5.56 Å². The Labute approximate surface area is 131 Å². The van der Waals surface area contributed by atoms with Gasteiger partial charge in [0.1, 0.15) is 6.29 Å². The van der Waals surface area contributed by atoms with E-state index in [2.05, 4.69) is 10.2 Å². The molecule has 0 fully saturated rings. The van der Waals surface area contributed by atoms with Crippen molar-refractivity contribution >= 4 is 28.0 Å². The van der Waals surface area contributed by atoms with E-state index in [1.165, 1.54) is 0 Å². The molecule has 0 saturated carbocycles. The molecule has 112 valence electrons. The van der Waals surface area contributed by atoms with Crippen LogP contribution in [-0.2, 0) is 7.05 Å². The van der Waals surface area contributed by atoms with Gasteiger partial charge >= 0.3 is 0 Å². The highest BCUT2D eigenvalue weighted by Crippen LogP contribution is 2.31. The number of aromatic nitrogens is 3. The summed E-state index contributed by atoms with van der Waals surface area (Å²) in [5.74, 6) is 0. The van der Waals surface area contributed by atoms with Crippen molar-refractivity contribution in [1.82, 2.24) is 14.8 Å². The maximum absolute atomic E-state index is 11.8. The minimum atomic E-state index is -0.192. The lowest BCUT2D eigenvalue weighted by Gasteiger charge is -2.02. The van der Waals surface area contributed by atoms with Crippen molar-refractivity contribution in [1.29, 1.82) is 0 Å². The first kappa shape index (κ1) is 13.5. The molecule has 0 amide bonds. The third-order valence-corrected chi connectivity index (χ3v) is 4.13. The van der Waals surface area contributed by atoms with E-state index in [9.17, 15) is 9.59 Å². The third kappa shape index (κ3) is 2.05. The summed E-state index contributed by atoms with van der Waals surface area (Å²) >= 11 is 0. The Morgan fingerprint density at radius 3 is 2.78 bits per heavy atom. The predicted molar refractivity (Wildman–Crippen MR) is 89.7 cm³/mol. The Hall–Kier alpha value is -3.21. The number of aryl methyl sites for hydroxylation is 1. The number of hydrogen-bond donors (Lipinski definition) is 1. The van der Waals surface area contributed by atoms with E-state index in [0.717, 1.165) is 33.7 Å². The molecule has 0 aliphatic carbocycles. The minimum absolute atomic E-state index is 0.192. The first-order chi connectivity index (χ1) is 11.2. The van der Waals surface area contributed by atoms with Gasteiger partial charge in [-0.3, -0.25) is 9.59 Å². The number of carbonyl (C=O) groups is 1. The predicted octanol–water partition coefficient (Wildman–Crippen LogP) is 2.89. The number of fused-ring (bicyclic) bond motifs is 2. The van der Waals surface area contributed by atoms with Crippen LogP contribution in [0.5, 0.6) is 0 Å². The van der Waals surface area contributed by atoms with Gasteiger partial charge in [0.05, 0.1) is 11.6 Å². The topological polar surface area (TPSA) is 67.8 Å². The van der Waals surface area contributed by atoms with Crippen molar-refractivity contribution in [2.45, 2.75) is 0 Å². The van der Waals surface area contributed by atoms with Gasteiger partial charge < -0.3 is 4.57 Å². The number of nitrogens with one attached hydrogen (secondary N) is 1. The SMILES string of the molecule is Cn1cc(-c2ccc3c(=O)[nH]ncc3c2)c2ccc(C=O)cc21. The van der Waals surface area contributed by atoms with Gasteiger partial charge in [-0.2, -0.15) is 5.10 Å². The number of benzene rings is 2. The molecule has 0 bridgehead atoms. The van der Waals surface area contributed by atoms with Crippen LogP contribution in [0.1, 0.15) is 10.4 Å². The van der Waals surface area contributed by atoms with E-state index < -0.39 is 0 Å². The van der Waals surface area contributed by atoms with Crippen LogP contribution in [-0.4, -0.2) is 21.1 Å². The standard InChI is InChI=1S/C18H13N3O2/c1-21-9-16(15-4-2-11(10-22)6-17(15)21)12-3-5-14-13(7-12)8-19-20-18(14)23/h2-10H,1H3,(H,20,23). The van der Waals surface area contributed by atoms with Crippen molar-refractivity contribution in [2.24, 2.45) is 7.05 Å². The molecule has 4 aromatic rings. The summed E-state index contributed by atoms with van der Waals surface area (Å²) in [6.07, 6.45) is 4.52. The lowest BCUT2D eigenvalue weighted by molar-refractivity contribution is 0.112. The van der Waals surface area contributed by atoms with Gasteiger partial charge in [0.2, 0.25) is 0 Å². The van der Waals surface area contributed by atoms with E-state index >= 15 is 0 Å². The number of aromatic amines is 1. The zero-order valence-electron chi connectivity index (χ0n) is 12.4. The van der Waals surface area contributed by atoms with Gasteiger partial charge in [-0.1, -0.05) is 18.2 Å². The quantitative estimate of drug-likeness (QED) is 0.579. The maximum Gasteiger partial charge on any atom is 0.272 e. The van der Waals surface area contributed by atoms with Crippen LogP contribution in [0.3, 0.4) is 0 Å². The molecule has 0 aliphatic rings. The van der Waals surface area contributed by atoms with Crippen molar-refractivity contribution in [3.63, 3.8) is 0 Å². The highest BCUT2D eigenvalue weighted by Gasteiger charge is 2.10. The van der Waals surface area contributed by atoms with Crippen LogP contribution in [0.15, 0.2) is 53.6 Å². The number of carbonyl (C=O) groups excluding carboxylic acids is 1. The summed E-state index contributed by atoms with van der Waals surface area (Å²) in [5.41, 5.74) is 3.52. The summed E-state index contributed by atoms with van der Waals surface area (Å²) in [6.45, 7) is 0. The fourth-order valence-electron chi connectivity index (χ4n) is 2.97. The molecule has 0 saturated heterocycles. The molecular weight excluding hydrogens is 290 g/mol. The molecule has 0 aliphatic heterocycles. The first-order valence-electron chi connectivity index (χ1n) is 7.19. The van der Waals surface area contributed by atoms with Gasteiger partial charge in [-0.05, 0) is 23.8 Å². The number of rotatable bonds is 2. The molecule has 5 heteroatoms. The number of aldehydes is 1. The summed E-state index contributed by atoms with van der Waals surface area (Å²) in [4.78, 5) is 22.7. The summed E-state index contributed by atoms with van der Waals surface area (Å²) in [6, 6.07) is 11.3. The van der Waals surface area contributed by atoms with E-state index in [0.29, 0.717) is 10.9 Å². The van der Waals surface area contributed by atoms with Crippen LogP contribution in [0.25, 0.3) is 32.8 Å². The first-order valence-corrected chi connectivity index (χ1v) is 7.19. The molecule has 2 aromatic carbocycles. The van der Waals surface area contributed by atoms with Crippen LogP contribution >= 0.6 is 0 Å². The van der Waals surface area contributed by atoms with Gasteiger partial charge in [0, 0.05) is 40.7 Å². The average Bonchev–Trinajstić information content (AvgIpc) is 2.91. The molecule has 5 nitrogen and oxygen atoms in total. The van der Waals surface area contributed by atoms with E-state index in [-0.39, 0.29) is 5.56 Å². The monoisotopic (exact) mass is 303 g/mol. The Balaban J connectivity index is 1.99. The van der Waals surface area contributed by atoms with Gasteiger partial charge in [-0.25, -0.2) is 5.10 Å². The summed E-state index contributed by atoms with van der Waals surface area (Å²) < 4.78 is 2.00. The highest BCUT2D eigenvalue weighted by molar-refractivity contribution is 6.00. The molecule has 0 atom stereocenters. The molecule has 2 aromatic heterocycles. The van der Waals surface area contributed by atoms with Crippen molar-refractivity contribution in [3.05, 3.63) is 64.7 Å². The van der Waals surface area contributed by atoms with E-state index in [4.69, 9.17) is 0 Å². The number of H-pyrrole nitrogens is 1. The third-order valence-electron chi connectivity index (χ3n) is 4.13. The van der Waals surface area contributed by atoms with Gasteiger partial charge in [-0.15, -0.1) is 0 Å². The van der Waals surface area contributed by atoms with Crippen LogP contribution in [0.4, 0.5) is 0 Å². The van der Waals surface area contributed by atoms with Gasteiger partial charge in [0.15, 0.2) is 0 Å². The average molecular weight is 303 g/mol. The van der Waals surface area contributed by atoms with Crippen molar-refractivity contribution < 1.29 is 4.79 Å². The Morgan fingerprint density at radius 1 is 1.13 bits per heavy atom. The maximum atomic E-state index is 11.8. The van der Waals surface area contributed by atoms with Crippen molar-refractivity contribution in [3.8, 4) is 11.1 Å². The van der Waals surface area contributed by atoms with Gasteiger partial charge in [0.25, 0.3) is 5.56 Å². The Kier molecular flexibility index (Phi) is 2.87. The Morgan fingerprint density at radius 2 is 1.96 bits per heavy atom. The van der Waals surface area contributed by atoms with E-state index in [1.54, 1.807) is 6.20 Å². The fraction of sp³-hybridized carbons (Fsp3) is 0.0556. The van der Waals surface area contributed by atoms with Crippen molar-refractivity contribution in [2.75, 3.05) is 0 Å². The smallest absolute Gasteiger partial charge is 0.272 e. The van der Waals surface area contributed by atoms with Crippen LogP contribution in [0.2, 0.25) is 0 Å². The largest absolute Gasteiger partial charge is 0.350 e. The molecule has 23 heavy (non-hydrogen) atoms. The van der Waals surface area contributed by atoms with E-state index in [1.807, 2.05) is 54.2 Å².